The summed E-state index contributed by atoms with van der Waals surface area (Å²) < 4.78 is 0. The van der Waals surface area contributed by atoms with Crippen molar-refractivity contribution in [3.8, 4) is 0 Å². The van der Waals surface area contributed by atoms with Crippen molar-refractivity contribution >= 4 is 0 Å². The van der Waals surface area contributed by atoms with Gasteiger partial charge in [-0.3, -0.25) is 0 Å². The Kier molecular flexibility index (Phi) is 9.18. The first-order chi connectivity index (χ1) is 7.15. The number of rotatable bonds is 9. The second-order valence-corrected chi connectivity index (χ2v) is 4.97. The normalized spacial score (nSPS) is 17.4. The van der Waals surface area contributed by atoms with Gasteiger partial charge in [-0.2, -0.15) is 0 Å². The van der Waals surface area contributed by atoms with E-state index in [-0.39, 0.29) is 0 Å². The summed E-state index contributed by atoms with van der Waals surface area (Å²) in [6, 6.07) is 1.42. The lowest BCUT2D eigenvalue weighted by Crippen LogP contribution is -2.40. The smallest absolute Gasteiger partial charge is 0.00695 e. The zero-order valence-corrected chi connectivity index (χ0v) is 11.5. The van der Waals surface area contributed by atoms with Gasteiger partial charge in [0.15, 0.2) is 0 Å². The topological polar surface area (TPSA) is 12.0 Å². The lowest BCUT2D eigenvalue weighted by Gasteiger charge is -2.26. The van der Waals surface area contributed by atoms with Gasteiger partial charge in [0, 0.05) is 12.1 Å². The predicted octanol–water partition coefficient (Wildman–Crippen LogP) is 4.37. The molecular weight excluding hydrogens is 182 g/mol. The van der Waals surface area contributed by atoms with E-state index in [1.54, 1.807) is 0 Å². The Morgan fingerprint density at radius 3 is 2.07 bits per heavy atom. The van der Waals surface area contributed by atoms with Crippen LogP contribution in [0.15, 0.2) is 0 Å². The Balaban J connectivity index is 3.91. The molecule has 92 valence electrons. The van der Waals surface area contributed by atoms with Crippen molar-refractivity contribution in [3.63, 3.8) is 0 Å². The van der Waals surface area contributed by atoms with Crippen LogP contribution in [0, 0.1) is 5.92 Å². The van der Waals surface area contributed by atoms with Crippen molar-refractivity contribution in [1.82, 2.24) is 5.32 Å². The minimum atomic E-state index is 0.670. The van der Waals surface area contributed by atoms with E-state index in [0.717, 1.165) is 12.0 Å². The summed E-state index contributed by atoms with van der Waals surface area (Å²) in [5.74, 6) is 0.797. The van der Waals surface area contributed by atoms with Gasteiger partial charge in [-0.15, -0.1) is 0 Å². The largest absolute Gasteiger partial charge is 0.311 e. The molecule has 1 N–H and O–H groups in total. The Labute approximate surface area is 97.0 Å². The van der Waals surface area contributed by atoms with Crippen LogP contribution in [0.2, 0.25) is 0 Å². The van der Waals surface area contributed by atoms with Crippen molar-refractivity contribution in [3.05, 3.63) is 0 Å². The Morgan fingerprint density at radius 2 is 1.60 bits per heavy atom. The minimum Gasteiger partial charge on any atom is -0.311 e. The van der Waals surface area contributed by atoms with E-state index in [2.05, 4.69) is 39.9 Å². The molecule has 0 bridgehead atoms. The molecule has 15 heavy (non-hydrogen) atoms. The first-order valence-electron chi connectivity index (χ1n) is 6.91. The van der Waals surface area contributed by atoms with E-state index in [0.29, 0.717) is 6.04 Å². The highest BCUT2D eigenvalue weighted by molar-refractivity contribution is 4.74. The molecule has 1 heteroatoms. The summed E-state index contributed by atoms with van der Waals surface area (Å²) in [5, 5.41) is 3.80. The molecule has 0 aliphatic carbocycles. The molecule has 0 rings (SSSR count). The van der Waals surface area contributed by atoms with Crippen LogP contribution >= 0.6 is 0 Å². The van der Waals surface area contributed by atoms with Gasteiger partial charge < -0.3 is 5.32 Å². The molecule has 0 heterocycles. The summed E-state index contributed by atoms with van der Waals surface area (Å²) in [5.41, 5.74) is 0. The van der Waals surface area contributed by atoms with E-state index < -0.39 is 0 Å². The maximum atomic E-state index is 3.80. The Hall–Kier alpha value is -0.0400. The highest BCUT2D eigenvalue weighted by Gasteiger charge is 2.14. The standard InChI is InChI=1S/C14H31N/c1-6-9-11-14(10-7-2)15-13(5)12(4)8-3/h12-15H,6-11H2,1-5H3. The van der Waals surface area contributed by atoms with Crippen molar-refractivity contribution < 1.29 is 0 Å². The van der Waals surface area contributed by atoms with Crippen LogP contribution in [0.25, 0.3) is 0 Å². The summed E-state index contributed by atoms with van der Waals surface area (Å²) >= 11 is 0. The maximum absolute atomic E-state index is 3.80. The number of hydrogen-bond acceptors (Lipinski definition) is 1. The van der Waals surface area contributed by atoms with E-state index in [9.17, 15) is 0 Å². The summed E-state index contributed by atoms with van der Waals surface area (Å²) in [4.78, 5) is 0. The molecule has 0 aromatic carbocycles. The molecule has 0 radical (unpaired) electrons. The van der Waals surface area contributed by atoms with E-state index in [1.165, 1.54) is 38.5 Å². The number of hydrogen-bond donors (Lipinski definition) is 1. The minimum absolute atomic E-state index is 0.670. The third-order valence-corrected chi connectivity index (χ3v) is 3.54. The number of nitrogens with one attached hydrogen (secondary N) is 1. The SMILES string of the molecule is CCCCC(CCC)NC(C)C(C)CC. The molecule has 0 aliphatic rings. The first-order valence-corrected chi connectivity index (χ1v) is 6.91. The van der Waals surface area contributed by atoms with Gasteiger partial charge in [0.2, 0.25) is 0 Å². The average molecular weight is 213 g/mol. The molecule has 0 saturated carbocycles. The fraction of sp³-hybridized carbons (Fsp3) is 1.00. The molecule has 3 unspecified atom stereocenters. The monoisotopic (exact) mass is 213 g/mol. The van der Waals surface area contributed by atoms with E-state index in [1.807, 2.05) is 0 Å². The first kappa shape index (κ1) is 15.0. The second kappa shape index (κ2) is 9.21. The Morgan fingerprint density at radius 1 is 0.933 bits per heavy atom. The van der Waals surface area contributed by atoms with Gasteiger partial charge in [0.05, 0.1) is 0 Å². The van der Waals surface area contributed by atoms with Crippen LogP contribution < -0.4 is 5.32 Å². The molecule has 0 saturated heterocycles. The van der Waals surface area contributed by atoms with Gasteiger partial charge >= 0.3 is 0 Å². The van der Waals surface area contributed by atoms with Gasteiger partial charge in [0.25, 0.3) is 0 Å². The highest BCUT2D eigenvalue weighted by Crippen LogP contribution is 2.12. The fourth-order valence-corrected chi connectivity index (χ4v) is 2.00. The molecule has 0 aromatic rings. The van der Waals surface area contributed by atoms with Crippen LogP contribution in [-0.2, 0) is 0 Å². The Bertz CT molecular complexity index is 133. The van der Waals surface area contributed by atoms with Gasteiger partial charge in [-0.25, -0.2) is 0 Å². The molecule has 3 atom stereocenters. The summed E-state index contributed by atoms with van der Waals surface area (Å²) in [7, 11) is 0. The molecular formula is C14H31N. The van der Waals surface area contributed by atoms with E-state index in [4.69, 9.17) is 0 Å². The zero-order valence-electron chi connectivity index (χ0n) is 11.5. The van der Waals surface area contributed by atoms with Crippen LogP contribution in [0.5, 0.6) is 0 Å². The lowest BCUT2D eigenvalue weighted by atomic mass is 9.97. The molecule has 0 spiro atoms. The second-order valence-electron chi connectivity index (χ2n) is 4.97. The van der Waals surface area contributed by atoms with Crippen molar-refractivity contribution in [1.29, 1.82) is 0 Å². The van der Waals surface area contributed by atoms with Crippen molar-refractivity contribution in [2.75, 3.05) is 0 Å². The average Bonchev–Trinajstić information content (AvgIpc) is 2.24. The summed E-state index contributed by atoms with van der Waals surface area (Å²) in [6.45, 7) is 11.5. The molecule has 1 nitrogen and oxygen atoms in total. The molecule has 0 fully saturated rings. The number of unbranched alkanes of at least 4 members (excludes halogenated alkanes) is 1. The predicted molar refractivity (Wildman–Crippen MR) is 70.3 cm³/mol. The zero-order chi connectivity index (χ0) is 11.7. The molecule has 0 amide bonds. The summed E-state index contributed by atoms with van der Waals surface area (Å²) in [6.07, 6.45) is 7.95. The van der Waals surface area contributed by atoms with Crippen LogP contribution in [0.4, 0.5) is 0 Å². The lowest BCUT2D eigenvalue weighted by molar-refractivity contribution is 0.322. The fourth-order valence-electron chi connectivity index (χ4n) is 2.00. The molecule has 0 aromatic heterocycles. The highest BCUT2D eigenvalue weighted by atomic mass is 14.9. The van der Waals surface area contributed by atoms with Gasteiger partial charge in [0.1, 0.15) is 0 Å². The quantitative estimate of drug-likeness (QED) is 0.600. The van der Waals surface area contributed by atoms with Crippen molar-refractivity contribution in [2.24, 2.45) is 5.92 Å². The van der Waals surface area contributed by atoms with E-state index >= 15 is 0 Å². The third-order valence-electron chi connectivity index (χ3n) is 3.54. The maximum Gasteiger partial charge on any atom is 0.00695 e. The third kappa shape index (κ3) is 6.94. The van der Waals surface area contributed by atoms with Crippen LogP contribution in [0.3, 0.4) is 0 Å². The van der Waals surface area contributed by atoms with Crippen LogP contribution in [-0.4, -0.2) is 12.1 Å². The molecule has 0 aliphatic heterocycles. The van der Waals surface area contributed by atoms with Gasteiger partial charge in [-0.1, -0.05) is 53.4 Å². The van der Waals surface area contributed by atoms with Gasteiger partial charge in [-0.05, 0) is 25.7 Å². The van der Waals surface area contributed by atoms with Crippen LogP contribution in [0.1, 0.15) is 73.1 Å². The van der Waals surface area contributed by atoms with Crippen molar-refractivity contribution in [2.45, 2.75) is 85.2 Å².